The van der Waals surface area contributed by atoms with E-state index in [1.54, 1.807) is 31.2 Å². The molecule has 0 bridgehead atoms. The van der Waals surface area contributed by atoms with Crippen molar-refractivity contribution in [2.24, 2.45) is 0 Å². The van der Waals surface area contributed by atoms with Crippen LogP contribution in [0.2, 0.25) is 5.02 Å². The van der Waals surface area contributed by atoms with Gasteiger partial charge in [-0.05, 0) is 31.0 Å². The summed E-state index contributed by atoms with van der Waals surface area (Å²) in [4.78, 5) is 12.4. The molecule has 10 heteroatoms. The third kappa shape index (κ3) is 4.15. The third-order valence-electron chi connectivity index (χ3n) is 4.77. The van der Waals surface area contributed by atoms with Gasteiger partial charge in [0.25, 0.3) is 5.91 Å². The minimum atomic E-state index is -4.54. The van der Waals surface area contributed by atoms with E-state index in [0.717, 1.165) is 9.15 Å². The van der Waals surface area contributed by atoms with Crippen LogP contribution in [-0.2, 0) is 0 Å². The van der Waals surface area contributed by atoms with Gasteiger partial charge in [-0.2, -0.15) is 18.3 Å². The van der Waals surface area contributed by atoms with Gasteiger partial charge in [-0.1, -0.05) is 46.6 Å². The van der Waals surface area contributed by atoms with Crippen LogP contribution in [0.25, 0.3) is 0 Å². The fourth-order valence-corrected chi connectivity index (χ4v) is 3.57. The average Bonchev–Trinajstić information content (AvgIpc) is 2.97. The van der Waals surface area contributed by atoms with E-state index in [-0.39, 0.29) is 29.0 Å². The number of benzene rings is 1. The first-order valence-electron chi connectivity index (χ1n) is 8.79. The summed E-state index contributed by atoms with van der Waals surface area (Å²) in [6, 6.07) is 4.35. The molecule has 0 fully saturated rings. The highest BCUT2D eigenvalue weighted by Gasteiger charge is 2.47. The average molecular weight is 480 g/mol. The molecule has 3 rings (SSSR count). The zero-order valence-electron chi connectivity index (χ0n) is 15.1. The maximum Gasteiger partial charge on any atom is 0.410 e. The number of aromatic nitrogens is 2. The fraction of sp³-hybridized carbons (Fsp3) is 0.444. The molecule has 0 saturated heterocycles. The maximum atomic E-state index is 13.7. The molecule has 1 aliphatic heterocycles. The summed E-state index contributed by atoms with van der Waals surface area (Å²) in [6.45, 7) is 3.68. The van der Waals surface area contributed by atoms with E-state index in [0.29, 0.717) is 12.0 Å². The minimum absolute atomic E-state index is 0.00235. The molecule has 0 aliphatic carbocycles. The van der Waals surface area contributed by atoms with Crippen LogP contribution in [-0.4, -0.2) is 27.9 Å². The van der Waals surface area contributed by atoms with Gasteiger partial charge in [0.15, 0.2) is 11.7 Å². The van der Waals surface area contributed by atoms with Gasteiger partial charge in [-0.3, -0.25) is 4.79 Å². The summed E-state index contributed by atoms with van der Waals surface area (Å²) in [7, 11) is 0. The van der Waals surface area contributed by atoms with Crippen molar-refractivity contribution in [1.82, 2.24) is 15.1 Å². The van der Waals surface area contributed by atoms with E-state index in [4.69, 9.17) is 11.6 Å². The zero-order chi connectivity index (χ0) is 20.6. The highest BCUT2D eigenvalue weighted by atomic mass is 79.9. The predicted octanol–water partition coefficient (Wildman–Crippen LogP) is 5.49. The Morgan fingerprint density at radius 2 is 2.07 bits per heavy atom. The van der Waals surface area contributed by atoms with Crippen molar-refractivity contribution < 1.29 is 18.0 Å². The van der Waals surface area contributed by atoms with E-state index >= 15 is 0 Å². The number of fused-ring (bicyclic) bond motifs is 1. The van der Waals surface area contributed by atoms with Crippen molar-refractivity contribution in [2.45, 2.75) is 51.0 Å². The molecule has 0 saturated carbocycles. The molecule has 2 N–H and O–H groups in total. The lowest BCUT2D eigenvalue weighted by Crippen LogP contribution is -2.36. The number of nitrogens with one attached hydrogen (secondary N) is 2. The maximum absolute atomic E-state index is 13.7. The highest BCUT2D eigenvalue weighted by molar-refractivity contribution is 9.10. The third-order valence-corrected chi connectivity index (χ3v) is 5.66. The standard InChI is InChI=1S/C18H19BrClF3N4O/c1-3-9(2)24-17(28)15-14(20)16-25-12(10-4-6-11(19)7-5-10)8-13(18(21,22)23)27(16)26-15/h4-7,9,12-13,25H,3,8H2,1-2H3,(H,24,28)/t9-,12-,13-/m0/s1. The van der Waals surface area contributed by atoms with Crippen LogP contribution in [0.15, 0.2) is 28.7 Å². The number of nitrogens with zero attached hydrogens (tertiary/aromatic N) is 2. The van der Waals surface area contributed by atoms with Crippen LogP contribution in [0.3, 0.4) is 0 Å². The van der Waals surface area contributed by atoms with Crippen LogP contribution in [0, 0.1) is 0 Å². The van der Waals surface area contributed by atoms with Crippen LogP contribution < -0.4 is 10.6 Å². The molecule has 2 heterocycles. The summed E-state index contributed by atoms with van der Waals surface area (Å²) in [5, 5.41) is 9.50. The number of hydrogen-bond acceptors (Lipinski definition) is 3. The molecule has 28 heavy (non-hydrogen) atoms. The lowest BCUT2D eigenvalue weighted by molar-refractivity contribution is -0.173. The van der Waals surface area contributed by atoms with Crippen molar-refractivity contribution in [1.29, 1.82) is 0 Å². The molecule has 1 aliphatic rings. The van der Waals surface area contributed by atoms with Crippen molar-refractivity contribution in [3.8, 4) is 0 Å². The number of hydrogen-bond donors (Lipinski definition) is 2. The Morgan fingerprint density at radius 1 is 1.43 bits per heavy atom. The van der Waals surface area contributed by atoms with Crippen LogP contribution in [0.1, 0.15) is 54.8 Å². The number of rotatable bonds is 4. The fourth-order valence-electron chi connectivity index (χ4n) is 3.04. The summed E-state index contributed by atoms with van der Waals surface area (Å²) in [6.07, 6.45) is -4.13. The zero-order valence-corrected chi connectivity index (χ0v) is 17.5. The Bertz CT molecular complexity index is 869. The van der Waals surface area contributed by atoms with Crippen LogP contribution >= 0.6 is 27.5 Å². The quantitative estimate of drug-likeness (QED) is 0.610. The smallest absolute Gasteiger partial charge is 0.362 e. The molecule has 1 aromatic carbocycles. The molecule has 0 spiro atoms. The lowest BCUT2D eigenvalue weighted by atomic mass is 9.97. The van der Waals surface area contributed by atoms with Gasteiger partial charge in [0.1, 0.15) is 10.8 Å². The molecule has 1 aromatic heterocycles. The van der Waals surface area contributed by atoms with Crippen LogP contribution in [0.5, 0.6) is 0 Å². The monoisotopic (exact) mass is 478 g/mol. The van der Waals surface area contributed by atoms with E-state index in [1.165, 1.54) is 0 Å². The minimum Gasteiger partial charge on any atom is -0.362 e. The van der Waals surface area contributed by atoms with Crippen molar-refractivity contribution in [3.05, 3.63) is 45.0 Å². The molecule has 5 nitrogen and oxygen atoms in total. The number of alkyl halides is 3. The van der Waals surface area contributed by atoms with Gasteiger partial charge in [0.2, 0.25) is 0 Å². The van der Waals surface area contributed by atoms with E-state index in [2.05, 4.69) is 31.7 Å². The van der Waals surface area contributed by atoms with Gasteiger partial charge >= 0.3 is 6.18 Å². The highest BCUT2D eigenvalue weighted by Crippen LogP contribution is 2.46. The molecular weight excluding hydrogens is 461 g/mol. The SMILES string of the molecule is CC[C@H](C)NC(=O)c1nn2c(c1Cl)N[C@H](c1ccc(Br)cc1)C[C@H]2C(F)(F)F. The molecule has 0 radical (unpaired) electrons. The molecule has 0 unspecified atom stereocenters. The van der Waals surface area contributed by atoms with Crippen molar-refractivity contribution in [2.75, 3.05) is 5.32 Å². The molecule has 152 valence electrons. The Kier molecular flexibility index (Phi) is 5.95. The van der Waals surface area contributed by atoms with E-state index in [9.17, 15) is 18.0 Å². The first-order valence-corrected chi connectivity index (χ1v) is 9.96. The molecule has 2 aromatic rings. The first kappa shape index (κ1) is 21.0. The molecule has 3 atom stereocenters. The van der Waals surface area contributed by atoms with Gasteiger partial charge in [-0.25, -0.2) is 4.68 Å². The Balaban J connectivity index is 2.00. The molecule has 1 amide bonds. The number of amides is 1. The topological polar surface area (TPSA) is 59.0 Å². The lowest BCUT2D eigenvalue weighted by Gasteiger charge is -2.33. The van der Waals surface area contributed by atoms with Gasteiger partial charge < -0.3 is 10.6 Å². The van der Waals surface area contributed by atoms with Crippen molar-refractivity contribution in [3.63, 3.8) is 0 Å². The Morgan fingerprint density at radius 3 is 2.64 bits per heavy atom. The summed E-state index contributed by atoms with van der Waals surface area (Å²) < 4.78 is 42.8. The first-order chi connectivity index (χ1) is 13.1. The second-order valence-electron chi connectivity index (χ2n) is 6.78. The van der Waals surface area contributed by atoms with Crippen molar-refractivity contribution >= 4 is 39.3 Å². The second-order valence-corrected chi connectivity index (χ2v) is 8.07. The summed E-state index contributed by atoms with van der Waals surface area (Å²) in [5.41, 5.74) is 0.474. The number of halogens is 5. The number of carbonyl (C=O) groups is 1. The second kappa shape index (κ2) is 7.94. The number of anilines is 1. The van der Waals surface area contributed by atoms with Crippen LogP contribution in [0.4, 0.5) is 19.0 Å². The van der Waals surface area contributed by atoms with Gasteiger partial charge in [0, 0.05) is 16.9 Å². The van der Waals surface area contributed by atoms with Gasteiger partial charge in [-0.15, -0.1) is 0 Å². The van der Waals surface area contributed by atoms with E-state index < -0.39 is 24.2 Å². The largest absolute Gasteiger partial charge is 0.410 e. The van der Waals surface area contributed by atoms with E-state index in [1.807, 2.05) is 6.92 Å². The predicted molar refractivity (Wildman–Crippen MR) is 105 cm³/mol. The normalized spacial score (nSPS) is 20.2. The summed E-state index contributed by atoms with van der Waals surface area (Å²) >= 11 is 9.59. The molecular formula is C18H19BrClF3N4O. The number of carbonyl (C=O) groups excluding carboxylic acids is 1. The summed E-state index contributed by atoms with van der Waals surface area (Å²) in [5.74, 6) is -0.596. The Hall–Kier alpha value is -1.74. The Labute approximate surface area is 173 Å². The van der Waals surface area contributed by atoms with Gasteiger partial charge in [0.05, 0.1) is 6.04 Å².